The van der Waals surface area contributed by atoms with Crippen molar-refractivity contribution in [3.63, 3.8) is 0 Å². The molecule has 5 N–H and O–H groups in total. The first-order chi connectivity index (χ1) is 15.2. The van der Waals surface area contributed by atoms with E-state index in [-0.39, 0.29) is 28.6 Å². The maximum Gasteiger partial charge on any atom is 0.200 e. The van der Waals surface area contributed by atoms with E-state index in [1.165, 1.54) is 12.1 Å². The largest absolute Gasteiger partial charge is 0.504 e. The molecule has 0 saturated heterocycles. The summed E-state index contributed by atoms with van der Waals surface area (Å²) in [6, 6.07) is 6.32. The molecule has 2 aromatic rings. The number of phenolic OH excluding ortho intramolecular Hbond substituents is 5. The fourth-order valence-electron chi connectivity index (χ4n) is 6.18. The fraction of sp³-hybridized carbons (Fsp3) is 0.538. The summed E-state index contributed by atoms with van der Waals surface area (Å²) in [6.07, 6.45) is 5.49. The smallest absolute Gasteiger partial charge is 0.200 e. The monoisotopic (exact) mass is 444 g/mol. The number of fused-ring (bicyclic) bond motifs is 1. The van der Waals surface area contributed by atoms with Gasteiger partial charge in [0.2, 0.25) is 11.5 Å². The molecule has 6 heteroatoms. The van der Waals surface area contributed by atoms with Crippen LogP contribution in [0.3, 0.4) is 0 Å². The van der Waals surface area contributed by atoms with Gasteiger partial charge < -0.3 is 30.3 Å². The second-order valence-electron chi connectivity index (χ2n) is 9.00. The molecule has 0 spiro atoms. The molecule has 0 aliphatic carbocycles. The van der Waals surface area contributed by atoms with E-state index in [1.807, 2.05) is 13.0 Å². The highest BCUT2D eigenvalue weighted by Gasteiger charge is 2.58. The van der Waals surface area contributed by atoms with Crippen LogP contribution in [0.15, 0.2) is 24.3 Å². The summed E-state index contributed by atoms with van der Waals surface area (Å²) in [4.78, 5) is 0. The van der Waals surface area contributed by atoms with Crippen LogP contribution in [-0.2, 0) is 11.0 Å². The first-order valence-corrected chi connectivity index (χ1v) is 11.7. The Morgan fingerprint density at radius 3 is 1.75 bits per heavy atom. The van der Waals surface area contributed by atoms with Crippen LogP contribution in [0.1, 0.15) is 83.8 Å². The molecule has 2 aromatic carbocycles. The summed E-state index contributed by atoms with van der Waals surface area (Å²) in [6.45, 7) is 8.38. The zero-order valence-electron chi connectivity index (χ0n) is 19.5. The number of phenols is 5. The lowest BCUT2D eigenvalue weighted by atomic mass is 9.55. The molecule has 0 amide bonds. The maximum absolute atomic E-state index is 10.9. The Kier molecular flexibility index (Phi) is 6.72. The van der Waals surface area contributed by atoms with Gasteiger partial charge in [-0.2, -0.15) is 0 Å². The molecular weight excluding hydrogens is 408 g/mol. The van der Waals surface area contributed by atoms with E-state index in [4.69, 9.17) is 4.74 Å². The van der Waals surface area contributed by atoms with Crippen LogP contribution >= 0.6 is 0 Å². The van der Waals surface area contributed by atoms with E-state index in [0.717, 1.165) is 44.1 Å². The lowest BCUT2D eigenvalue weighted by Gasteiger charge is -2.56. The van der Waals surface area contributed by atoms with Crippen LogP contribution in [0, 0.1) is 5.92 Å². The number of ether oxygens (including phenoxy) is 1. The third-order valence-electron chi connectivity index (χ3n) is 7.17. The van der Waals surface area contributed by atoms with Gasteiger partial charge in [0.15, 0.2) is 23.0 Å². The Labute approximate surface area is 190 Å². The van der Waals surface area contributed by atoms with Crippen molar-refractivity contribution in [2.24, 2.45) is 5.92 Å². The van der Waals surface area contributed by atoms with Crippen LogP contribution in [0.25, 0.3) is 0 Å². The highest BCUT2D eigenvalue weighted by Crippen LogP contribution is 2.63. The number of rotatable bonds is 8. The van der Waals surface area contributed by atoms with E-state index in [1.54, 1.807) is 6.07 Å². The van der Waals surface area contributed by atoms with Crippen molar-refractivity contribution in [1.29, 1.82) is 0 Å². The highest BCUT2D eigenvalue weighted by atomic mass is 16.5. The summed E-state index contributed by atoms with van der Waals surface area (Å²) in [5, 5.41) is 52.4. The first kappa shape index (κ1) is 23.9. The number of benzene rings is 2. The third-order valence-corrected chi connectivity index (χ3v) is 7.17. The van der Waals surface area contributed by atoms with Gasteiger partial charge in [-0.3, -0.25) is 0 Å². The zero-order chi connectivity index (χ0) is 23.7. The topological polar surface area (TPSA) is 110 Å². The minimum Gasteiger partial charge on any atom is -0.504 e. The molecule has 6 nitrogen and oxygen atoms in total. The molecule has 176 valence electrons. The predicted octanol–water partition coefficient (Wildman–Crippen LogP) is 6.17. The lowest BCUT2D eigenvalue weighted by molar-refractivity contribution is -0.0756. The predicted molar refractivity (Wildman–Crippen MR) is 124 cm³/mol. The van der Waals surface area contributed by atoms with Crippen molar-refractivity contribution < 1.29 is 30.3 Å². The average molecular weight is 445 g/mol. The summed E-state index contributed by atoms with van der Waals surface area (Å²) in [5.41, 5.74) is -0.183. The van der Waals surface area contributed by atoms with Crippen LogP contribution in [0.2, 0.25) is 0 Å². The van der Waals surface area contributed by atoms with Gasteiger partial charge in [0, 0.05) is 22.5 Å². The summed E-state index contributed by atoms with van der Waals surface area (Å²) in [5.74, 6) is -1.82. The summed E-state index contributed by atoms with van der Waals surface area (Å²) >= 11 is 0. The second-order valence-corrected chi connectivity index (χ2v) is 9.00. The quantitative estimate of drug-likeness (QED) is 0.312. The standard InChI is InChI=1S/C26H36O6/c1-5-13-25(14-6-2)17-10-12-19(28)23(31)24(17)32-26(15-7-3,20(25)8-4)16-9-11-18(27)22(30)21(16)29/h9-12,20,27-31H,5-8,13-15H2,1-4H3. The van der Waals surface area contributed by atoms with Crippen molar-refractivity contribution in [2.45, 2.75) is 83.7 Å². The van der Waals surface area contributed by atoms with E-state index >= 15 is 0 Å². The van der Waals surface area contributed by atoms with Gasteiger partial charge in [0.25, 0.3) is 0 Å². The molecule has 2 unspecified atom stereocenters. The van der Waals surface area contributed by atoms with E-state index in [9.17, 15) is 25.5 Å². The van der Waals surface area contributed by atoms with Crippen molar-refractivity contribution in [3.8, 4) is 34.5 Å². The molecule has 32 heavy (non-hydrogen) atoms. The van der Waals surface area contributed by atoms with Gasteiger partial charge >= 0.3 is 0 Å². The fourth-order valence-corrected chi connectivity index (χ4v) is 6.18. The average Bonchev–Trinajstić information content (AvgIpc) is 2.76. The number of aromatic hydroxyl groups is 5. The van der Waals surface area contributed by atoms with Crippen LogP contribution in [-0.4, -0.2) is 25.5 Å². The molecule has 0 saturated carbocycles. The molecule has 3 rings (SSSR count). The summed E-state index contributed by atoms with van der Waals surface area (Å²) < 4.78 is 6.62. The van der Waals surface area contributed by atoms with Gasteiger partial charge in [-0.05, 0) is 43.9 Å². The minimum absolute atomic E-state index is 0.0823. The van der Waals surface area contributed by atoms with Crippen LogP contribution in [0.4, 0.5) is 0 Å². The van der Waals surface area contributed by atoms with Gasteiger partial charge in [0.05, 0.1) is 0 Å². The Balaban J connectivity index is 2.45. The third kappa shape index (κ3) is 3.40. The van der Waals surface area contributed by atoms with Crippen molar-refractivity contribution in [1.82, 2.24) is 0 Å². The van der Waals surface area contributed by atoms with E-state index in [0.29, 0.717) is 12.0 Å². The minimum atomic E-state index is -1.07. The molecule has 1 aliphatic rings. The highest BCUT2D eigenvalue weighted by molar-refractivity contribution is 5.61. The van der Waals surface area contributed by atoms with Crippen LogP contribution in [0.5, 0.6) is 34.5 Å². The van der Waals surface area contributed by atoms with Crippen molar-refractivity contribution in [2.75, 3.05) is 0 Å². The lowest BCUT2D eigenvalue weighted by Crippen LogP contribution is -2.55. The van der Waals surface area contributed by atoms with Crippen molar-refractivity contribution >= 4 is 0 Å². The zero-order valence-corrected chi connectivity index (χ0v) is 19.5. The van der Waals surface area contributed by atoms with Gasteiger partial charge in [-0.1, -0.05) is 53.0 Å². The second kappa shape index (κ2) is 9.00. The van der Waals surface area contributed by atoms with E-state index < -0.39 is 22.8 Å². The van der Waals surface area contributed by atoms with E-state index in [2.05, 4.69) is 20.8 Å². The molecule has 0 fully saturated rings. The Morgan fingerprint density at radius 1 is 0.688 bits per heavy atom. The molecule has 1 aliphatic heterocycles. The molecule has 1 heterocycles. The Morgan fingerprint density at radius 2 is 1.22 bits per heavy atom. The first-order valence-electron chi connectivity index (χ1n) is 11.7. The molecule has 0 radical (unpaired) electrons. The molecule has 0 bridgehead atoms. The van der Waals surface area contributed by atoms with Crippen molar-refractivity contribution in [3.05, 3.63) is 35.4 Å². The molecule has 0 aromatic heterocycles. The van der Waals surface area contributed by atoms with Gasteiger partial charge in [0.1, 0.15) is 5.60 Å². The Bertz CT molecular complexity index is 963. The normalized spacial score (nSPS) is 21.7. The van der Waals surface area contributed by atoms with Gasteiger partial charge in [-0.15, -0.1) is 0 Å². The number of hydrogen-bond donors (Lipinski definition) is 5. The maximum atomic E-state index is 10.9. The van der Waals surface area contributed by atoms with Gasteiger partial charge in [-0.25, -0.2) is 0 Å². The Hall–Kier alpha value is -2.76. The number of hydrogen-bond acceptors (Lipinski definition) is 6. The molecule has 2 atom stereocenters. The van der Waals surface area contributed by atoms with Crippen LogP contribution < -0.4 is 4.74 Å². The SMILES string of the molecule is CCCC1(CCC)c2ccc(O)c(O)c2OC(CCC)(c2ccc(O)c(O)c2O)C1CC. The summed E-state index contributed by atoms with van der Waals surface area (Å²) in [7, 11) is 0. The molecular formula is C26H36O6.